The van der Waals surface area contributed by atoms with E-state index >= 15 is 0 Å². The number of rotatable bonds is 2. The van der Waals surface area contributed by atoms with Gasteiger partial charge in [0.25, 0.3) is 0 Å². The van der Waals surface area contributed by atoms with E-state index in [1.54, 1.807) is 6.92 Å². The minimum Gasteiger partial charge on any atom is -0.496 e. The average Bonchev–Trinajstić information content (AvgIpc) is 2.18. The molecule has 0 aliphatic rings. The fourth-order valence-electron chi connectivity index (χ4n) is 1.51. The van der Waals surface area contributed by atoms with Gasteiger partial charge in [0.1, 0.15) is 5.75 Å². The van der Waals surface area contributed by atoms with Crippen molar-refractivity contribution in [3.05, 3.63) is 28.3 Å². The number of alkyl halides is 3. The van der Waals surface area contributed by atoms with E-state index in [0.29, 0.717) is 11.3 Å². The van der Waals surface area contributed by atoms with Crippen molar-refractivity contribution in [3.8, 4) is 5.75 Å². The molecule has 17 heavy (non-hydrogen) atoms. The van der Waals surface area contributed by atoms with Crippen LogP contribution in [0.25, 0.3) is 0 Å². The van der Waals surface area contributed by atoms with Crippen LogP contribution < -0.4 is 4.74 Å². The van der Waals surface area contributed by atoms with Gasteiger partial charge in [-0.2, -0.15) is 13.2 Å². The average molecular weight is 267 g/mol. The molecule has 0 aromatic heterocycles. The number of ether oxygens (including phenoxy) is 1. The van der Waals surface area contributed by atoms with E-state index in [4.69, 9.17) is 16.3 Å². The number of hydrogen-bond donors (Lipinski definition) is 0. The van der Waals surface area contributed by atoms with Gasteiger partial charge in [-0.15, -0.1) is 0 Å². The maximum absolute atomic E-state index is 12.9. The highest BCUT2D eigenvalue weighted by Gasteiger charge is 2.49. The highest BCUT2D eigenvalue weighted by molar-refractivity contribution is 6.31. The van der Waals surface area contributed by atoms with Gasteiger partial charge in [-0.1, -0.05) is 17.7 Å². The molecule has 0 saturated heterocycles. The van der Waals surface area contributed by atoms with E-state index in [9.17, 15) is 13.2 Å². The Morgan fingerprint density at radius 2 is 1.71 bits per heavy atom. The van der Waals surface area contributed by atoms with Gasteiger partial charge >= 0.3 is 6.18 Å². The molecule has 0 spiro atoms. The van der Waals surface area contributed by atoms with Crippen LogP contribution in [0, 0.1) is 6.92 Å². The zero-order valence-electron chi connectivity index (χ0n) is 10.1. The van der Waals surface area contributed by atoms with Gasteiger partial charge in [-0.05, 0) is 38.0 Å². The highest BCUT2D eigenvalue weighted by atomic mass is 35.5. The zero-order chi connectivity index (χ0) is 13.4. The Bertz CT molecular complexity index is 424. The molecule has 0 atom stereocenters. The lowest BCUT2D eigenvalue weighted by Crippen LogP contribution is -2.36. The van der Waals surface area contributed by atoms with Gasteiger partial charge in [0, 0.05) is 5.02 Å². The lowest BCUT2D eigenvalue weighted by Gasteiger charge is -2.29. The van der Waals surface area contributed by atoms with Crippen LogP contribution in [0.1, 0.15) is 25.0 Å². The summed E-state index contributed by atoms with van der Waals surface area (Å²) in [5, 5.41) is 0.0646. The van der Waals surface area contributed by atoms with E-state index in [0.717, 1.165) is 13.8 Å². The largest absolute Gasteiger partial charge is 0.496 e. The van der Waals surface area contributed by atoms with Gasteiger partial charge in [-0.25, -0.2) is 0 Å². The number of methoxy groups -OCH3 is 1. The normalized spacial score (nSPS) is 12.7. The number of benzene rings is 1. The van der Waals surface area contributed by atoms with E-state index in [1.165, 1.54) is 19.2 Å². The molecule has 0 radical (unpaired) electrons. The van der Waals surface area contributed by atoms with Crippen molar-refractivity contribution < 1.29 is 17.9 Å². The van der Waals surface area contributed by atoms with E-state index in [2.05, 4.69) is 0 Å². The van der Waals surface area contributed by atoms with Crippen LogP contribution in [0.5, 0.6) is 5.75 Å². The Morgan fingerprint density at radius 1 is 1.18 bits per heavy atom. The Hall–Kier alpha value is -0.900. The molecule has 1 nitrogen and oxygen atoms in total. The highest BCUT2D eigenvalue weighted by Crippen LogP contribution is 2.44. The maximum atomic E-state index is 12.9. The van der Waals surface area contributed by atoms with Crippen LogP contribution in [-0.2, 0) is 5.41 Å². The summed E-state index contributed by atoms with van der Waals surface area (Å²) in [6, 6.07) is 2.84. The van der Waals surface area contributed by atoms with Crippen LogP contribution in [0.3, 0.4) is 0 Å². The summed E-state index contributed by atoms with van der Waals surface area (Å²) >= 11 is 5.89. The van der Waals surface area contributed by atoms with Crippen molar-refractivity contribution in [2.45, 2.75) is 32.4 Å². The van der Waals surface area contributed by atoms with Gasteiger partial charge in [0.05, 0.1) is 12.5 Å². The number of aryl methyl sites for hydroxylation is 1. The van der Waals surface area contributed by atoms with Crippen molar-refractivity contribution in [1.82, 2.24) is 0 Å². The molecule has 1 aromatic rings. The summed E-state index contributed by atoms with van der Waals surface area (Å²) in [4.78, 5) is 0. The van der Waals surface area contributed by atoms with Crippen LogP contribution in [0.4, 0.5) is 13.2 Å². The third-order valence-corrected chi connectivity index (χ3v) is 3.18. The summed E-state index contributed by atoms with van der Waals surface area (Å²) in [6.07, 6.45) is -4.35. The van der Waals surface area contributed by atoms with Gasteiger partial charge in [0.2, 0.25) is 0 Å². The first-order valence-corrected chi connectivity index (χ1v) is 5.40. The van der Waals surface area contributed by atoms with E-state index in [-0.39, 0.29) is 10.6 Å². The summed E-state index contributed by atoms with van der Waals surface area (Å²) in [5.74, 6) is 0.483. The van der Waals surface area contributed by atoms with Crippen molar-refractivity contribution in [1.29, 1.82) is 0 Å². The van der Waals surface area contributed by atoms with Crippen molar-refractivity contribution in [2.24, 2.45) is 0 Å². The Kier molecular flexibility index (Phi) is 3.67. The molecular weight excluding hydrogens is 253 g/mol. The lowest BCUT2D eigenvalue weighted by molar-refractivity contribution is -0.180. The first-order chi connectivity index (χ1) is 7.61. The van der Waals surface area contributed by atoms with Crippen molar-refractivity contribution >= 4 is 11.6 Å². The molecule has 0 heterocycles. The SMILES string of the molecule is COc1cc(Cl)c(C(C)(C)C(F)(F)F)cc1C. The number of halogens is 4. The first-order valence-electron chi connectivity index (χ1n) is 5.02. The molecule has 0 amide bonds. The van der Waals surface area contributed by atoms with Gasteiger partial charge < -0.3 is 4.74 Å². The summed E-state index contributed by atoms with van der Waals surface area (Å²) in [6.45, 7) is 3.91. The maximum Gasteiger partial charge on any atom is 0.397 e. The topological polar surface area (TPSA) is 9.23 Å². The molecule has 0 N–H and O–H groups in total. The third-order valence-electron chi connectivity index (χ3n) is 2.87. The zero-order valence-corrected chi connectivity index (χ0v) is 10.8. The molecule has 96 valence electrons. The van der Waals surface area contributed by atoms with E-state index < -0.39 is 11.6 Å². The Balaban J connectivity index is 3.38. The monoisotopic (exact) mass is 266 g/mol. The van der Waals surface area contributed by atoms with Gasteiger partial charge in [0.15, 0.2) is 0 Å². The fraction of sp³-hybridized carbons (Fsp3) is 0.500. The van der Waals surface area contributed by atoms with Crippen LogP contribution in [0.15, 0.2) is 12.1 Å². The molecule has 0 aliphatic carbocycles. The minimum atomic E-state index is -4.35. The Labute approximate surface area is 104 Å². The summed E-state index contributed by atoms with van der Waals surface area (Å²) in [5.41, 5.74) is -1.30. The first kappa shape index (κ1) is 14.2. The molecule has 0 bridgehead atoms. The van der Waals surface area contributed by atoms with Crippen molar-refractivity contribution in [3.63, 3.8) is 0 Å². The van der Waals surface area contributed by atoms with E-state index in [1.807, 2.05) is 0 Å². The summed E-state index contributed by atoms with van der Waals surface area (Å²) in [7, 11) is 1.45. The minimum absolute atomic E-state index is 0.0602. The second-order valence-corrected chi connectivity index (χ2v) is 4.83. The number of hydrogen-bond acceptors (Lipinski definition) is 1. The molecular formula is C12H14ClF3O. The second kappa shape index (κ2) is 4.41. The lowest BCUT2D eigenvalue weighted by atomic mass is 9.83. The molecule has 5 heteroatoms. The fourth-order valence-corrected chi connectivity index (χ4v) is 1.90. The molecule has 0 saturated carbocycles. The second-order valence-electron chi connectivity index (χ2n) is 4.42. The Morgan fingerprint density at radius 3 is 2.12 bits per heavy atom. The predicted octanol–water partition coefficient (Wildman–Crippen LogP) is 4.50. The smallest absolute Gasteiger partial charge is 0.397 e. The third kappa shape index (κ3) is 2.51. The van der Waals surface area contributed by atoms with Crippen LogP contribution in [-0.4, -0.2) is 13.3 Å². The molecule has 0 aliphatic heterocycles. The molecule has 0 unspecified atom stereocenters. The van der Waals surface area contributed by atoms with Crippen LogP contribution in [0.2, 0.25) is 5.02 Å². The summed E-state index contributed by atoms with van der Waals surface area (Å²) < 4.78 is 43.8. The standard InChI is InChI=1S/C12H14ClF3O/c1-7-5-8(9(13)6-10(7)17-4)11(2,3)12(14,15)16/h5-6H,1-4H3. The molecule has 1 rings (SSSR count). The van der Waals surface area contributed by atoms with Crippen LogP contribution >= 0.6 is 11.6 Å². The molecule has 0 fully saturated rings. The van der Waals surface area contributed by atoms with Gasteiger partial charge in [-0.3, -0.25) is 0 Å². The predicted molar refractivity (Wildman–Crippen MR) is 61.8 cm³/mol. The van der Waals surface area contributed by atoms with Crippen molar-refractivity contribution in [2.75, 3.05) is 7.11 Å². The molecule has 1 aromatic carbocycles. The quantitative estimate of drug-likeness (QED) is 0.766.